The number of ether oxygens (including phenoxy) is 2. The fraction of sp³-hybridized carbons (Fsp3) is 0.200. The van der Waals surface area contributed by atoms with Gasteiger partial charge in [0.05, 0.1) is 12.7 Å². The highest BCUT2D eigenvalue weighted by Crippen LogP contribution is 2.29. The van der Waals surface area contributed by atoms with Gasteiger partial charge < -0.3 is 9.47 Å². The number of Topliss-reactive ketones (excluding diaryl/α,β-unsaturated/α-hetero) is 1. The summed E-state index contributed by atoms with van der Waals surface area (Å²) in [5.74, 6) is -3.26. The number of halogens is 4. The summed E-state index contributed by atoms with van der Waals surface area (Å²) in [4.78, 5) is 22.5. The highest BCUT2D eigenvalue weighted by atomic mass is 79.9. The SMILES string of the molecule is COC(=O)C(=O)c1ccc(Br)cc1OC(F)(F)F. The number of benzene rings is 1. The van der Waals surface area contributed by atoms with Crippen molar-refractivity contribution in [3.05, 3.63) is 28.2 Å². The zero-order valence-corrected chi connectivity index (χ0v) is 10.5. The second-order valence-electron chi connectivity index (χ2n) is 3.01. The smallest absolute Gasteiger partial charge is 0.463 e. The van der Waals surface area contributed by atoms with E-state index >= 15 is 0 Å². The molecule has 0 amide bonds. The number of methoxy groups -OCH3 is 1. The van der Waals surface area contributed by atoms with Crippen molar-refractivity contribution in [1.82, 2.24) is 0 Å². The Balaban J connectivity index is 3.19. The normalized spacial score (nSPS) is 10.9. The molecule has 0 aliphatic carbocycles. The van der Waals surface area contributed by atoms with Crippen LogP contribution in [0.2, 0.25) is 0 Å². The second-order valence-corrected chi connectivity index (χ2v) is 3.92. The Bertz CT molecular complexity index is 485. The molecule has 1 rings (SSSR count). The van der Waals surface area contributed by atoms with Crippen LogP contribution in [0.5, 0.6) is 5.75 Å². The van der Waals surface area contributed by atoms with E-state index < -0.39 is 29.4 Å². The highest BCUT2D eigenvalue weighted by Gasteiger charge is 2.34. The molecular weight excluding hydrogens is 321 g/mol. The van der Waals surface area contributed by atoms with Gasteiger partial charge in [-0.3, -0.25) is 4.79 Å². The van der Waals surface area contributed by atoms with Gasteiger partial charge in [0.25, 0.3) is 5.78 Å². The van der Waals surface area contributed by atoms with Gasteiger partial charge in [0.2, 0.25) is 0 Å². The van der Waals surface area contributed by atoms with Crippen LogP contribution in [-0.4, -0.2) is 25.2 Å². The molecule has 0 aliphatic rings. The van der Waals surface area contributed by atoms with Crippen LogP contribution in [0.1, 0.15) is 10.4 Å². The first-order valence-electron chi connectivity index (χ1n) is 4.42. The Morgan fingerprint density at radius 2 is 1.89 bits per heavy atom. The molecule has 18 heavy (non-hydrogen) atoms. The Hall–Kier alpha value is -1.57. The average Bonchev–Trinajstić information content (AvgIpc) is 2.25. The van der Waals surface area contributed by atoms with Crippen LogP contribution in [-0.2, 0) is 9.53 Å². The molecule has 0 radical (unpaired) electrons. The summed E-state index contributed by atoms with van der Waals surface area (Å²) < 4.78 is 44.5. The maximum atomic E-state index is 12.1. The molecule has 0 saturated heterocycles. The fourth-order valence-corrected chi connectivity index (χ4v) is 1.44. The summed E-state index contributed by atoms with van der Waals surface area (Å²) in [6.07, 6.45) is -4.97. The van der Waals surface area contributed by atoms with E-state index in [0.29, 0.717) is 0 Å². The van der Waals surface area contributed by atoms with E-state index in [1.165, 1.54) is 6.07 Å². The van der Waals surface area contributed by atoms with Crippen LogP contribution in [0.15, 0.2) is 22.7 Å². The molecule has 1 aromatic rings. The molecule has 0 aliphatic heterocycles. The van der Waals surface area contributed by atoms with Crippen molar-refractivity contribution in [2.45, 2.75) is 6.36 Å². The van der Waals surface area contributed by atoms with Gasteiger partial charge in [-0.15, -0.1) is 13.2 Å². The van der Waals surface area contributed by atoms with Crippen molar-refractivity contribution in [1.29, 1.82) is 0 Å². The summed E-state index contributed by atoms with van der Waals surface area (Å²) >= 11 is 2.93. The monoisotopic (exact) mass is 326 g/mol. The number of hydrogen-bond acceptors (Lipinski definition) is 4. The summed E-state index contributed by atoms with van der Waals surface area (Å²) in [5.41, 5.74) is -0.526. The Morgan fingerprint density at radius 1 is 1.28 bits per heavy atom. The topological polar surface area (TPSA) is 52.6 Å². The molecule has 0 aromatic heterocycles. The van der Waals surface area contributed by atoms with Crippen molar-refractivity contribution in [3.63, 3.8) is 0 Å². The number of hydrogen-bond donors (Lipinski definition) is 0. The molecule has 4 nitrogen and oxygen atoms in total. The molecule has 1 aromatic carbocycles. The third-order valence-corrected chi connectivity index (χ3v) is 2.28. The largest absolute Gasteiger partial charge is 0.573 e. The maximum Gasteiger partial charge on any atom is 0.573 e. The van der Waals surface area contributed by atoms with Gasteiger partial charge in [-0.2, -0.15) is 0 Å². The van der Waals surface area contributed by atoms with Crippen LogP contribution >= 0.6 is 15.9 Å². The van der Waals surface area contributed by atoms with Crippen LogP contribution < -0.4 is 4.74 Å². The lowest BCUT2D eigenvalue weighted by Gasteiger charge is -2.12. The van der Waals surface area contributed by atoms with Crippen LogP contribution in [0, 0.1) is 0 Å². The van der Waals surface area contributed by atoms with Gasteiger partial charge in [0.15, 0.2) is 0 Å². The molecule has 0 atom stereocenters. The number of carbonyl (C=O) groups is 2. The van der Waals surface area contributed by atoms with Gasteiger partial charge >= 0.3 is 12.3 Å². The predicted octanol–water partition coefficient (Wildman–Crippen LogP) is 2.70. The molecule has 8 heteroatoms. The second kappa shape index (κ2) is 5.38. The number of esters is 1. The van der Waals surface area contributed by atoms with Crippen molar-refractivity contribution < 1.29 is 32.2 Å². The number of carbonyl (C=O) groups excluding carboxylic acids is 2. The maximum absolute atomic E-state index is 12.1. The minimum absolute atomic E-state index is 0.267. The third kappa shape index (κ3) is 3.73. The Kier molecular flexibility index (Phi) is 4.33. The zero-order chi connectivity index (χ0) is 13.9. The lowest BCUT2D eigenvalue weighted by atomic mass is 10.1. The lowest BCUT2D eigenvalue weighted by molar-refractivity contribution is -0.274. The lowest BCUT2D eigenvalue weighted by Crippen LogP contribution is -2.21. The zero-order valence-electron chi connectivity index (χ0n) is 8.88. The average molecular weight is 327 g/mol. The molecular formula is C10H6BrF3O4. The van der Waals surface area contributed by atoms with Crippen molar-refractivity contribution in [2.75, 3.05) is 7.11 Å². The number of rotatable bonds is 3. The molecule has 98 valence electrons. The number of alkyl halides is 3. The molecule has 0 heterocycles. The van der Waals surface area contributed by atoms with Gasteiger partial charge in [-0.05, 0) is 18.2 Å². The minimum Gasteiger partial charge on any atom is -0.463 e. The summed E-state index contributed by atoms with van der Waals surface area (Å²) in [6, 6.07) is 3.27. The van der Waals surface area contributed by atoms with E-state index in [1.54, 1.807) is 0 Å². The van der Waals surface area contributed by atoms with Gasteiger partial charge in [0.1, 0.15) is 5.75 Å². The first-order chi connectivity index (χ1) is 8.24. The quantitative estimate of drug-likeness (QED) is 0.487. The first kappa shape index (κ1) is 14.5. The van der Waals surface area contributed by atoms with E-state index in [-0.39, 0.29) is 4.47 Å². The Morgan fingerprint density at radius 3 is 2.39 bits per heavy atom. The molecule has 0 unspecified atom stereocenters. The Labute approximate surface area is 108 Å². The predicted molar refractivity (Wildman–Crippen MR) is 57.2 cm³/mol. The summed E-state index contributed by atoms with van der Waals surface area (Å²) in [7, 11) is 0.948. The van der Waals surface area contributed by atoms with Crippen molar-refractivity contribution >= 4 is 27.7 Å². The van der Waals surface area contributed by atoms with Crippen molar-refractivity contribution in [2.24, 2.45) is 0 Å². The van der Waals surface area contributed by atoms with Crippen LogP contribution in [0.4, 0.5) is 13.2 Å². The third-order valence-electron chi connectivity index (χ3n) is 1.78. The molecule has 0 bridgehead atoms. The van der Waals surface area contributed by atoms with E-state index in [2.05, 4.69) is 25.4 Å². The van der Waals surface area contributed by atoms with Gasteiger partial charge in [0, 0.05) is 4.47 Å². The van der Waals surface area contributed by atoms with E-state index in [0.717, 1.165) is 19.2 Å². The van der Waals surface area contributed by atoms with E-state index in [9.17, 15) is 22.8 Å². The first-order valence-corrected chi connectivity index (χ1v) is 5.22. The van der Waals surface area contributed by atoms with Crippen LogP contribution in [0.25, 0.3) is 0 Å². The minimum atomic E-state index is -4.97. The fourth-order valence-electron chi connectivity index (χ4n) is 1.10. The van der Waals surface area contributed by atoms with Gasteiger partial charge in [-0.25, -0.2) is 4.79 Å². The highest BCUT2D eigenvalue weighted by molar-refractivity contribution is 9.10. The standard InChI is InChI=1S/C10H6BrF3O4/c1-17-9(16)8(15)6-3-2-5(11)4-7(6)18-10(12,13)14/h2-4H,1H3. The number of ketones is 1. The molecule has 0 N–H and O–H groups in total. The van der Waals surface area contributed by atoms with Crippen molar-refractivity contribution in [3.8, 4) is 5.75 Å². The van der Waals surface area contributed by atoms with E-state index in [4.69, 9.17) is 0 Å². The summed E-state index contributed by atoms with van der Waals surface area (Å²) in [5, 5.41) is 0. The summed E-state index contributed by atoms with van der Waals surface area (Å²) in [6.45, 7) is 0. The molecule has 0 spiro atoms. The molecule has 0 fully saturated rings. The van der Waals surface area contributed by atoms with E-state index in [1.807, 2.05) is 0 Å². The van der Waals surface area contributed by atoms with Crippen LogP contribution in [0.3, 0.4) is 0 Å². The molecule has 0 saturated carbocycles. The van der Waals surface area contributed by atoms with Gasteiger partial charge in [-0.1, -0.05) is 15.9 Å².